The summed E-state index contributed by atoms with van der Waals surface area (Å²) in [6.07, 6.45) is 0. The van der Waals surface area contributed by atoms with Gasteiger partial charge in [-0.1, -0.05) is 42.5 Å². The third-order valence-corrected chi connectivity index (χ3v) is 7.98. The standard InChI is InChI=1S/C25H25FN4O2S/c26-21-10-12-22(13-11-21)33(31,32)29-16-14-28(15-17-29)19-25-27-23-8-4-5-9-24(23)30(25)18-20-6-2-1-3-7-20/h1-13H,14-19H2. The van der Waals surface area contributed by atoms with Crippen molar-refractivity contribution in [3.63, 3.8) is 0 Å². The number of piperazine rings is 1. The number of nitrogens with zero attached hydrogens (tertiary/aromatic N) is 4. The Bertz CT molecular complexity index is 1350. The highest BCUT2D eigenvalue weighted by molar-refractivity contribution is 7.89. The van der Waals surface area contributed by atoms with Gasteiger partial charge >= 0.3 is 0 Å². The van der Waals surface area contributed by atoms with E-state index >= 15 is 0 Å². The molecule has 6 nitrogen and oxygen atoms in total. The van der Waals surface area contributed by atoms with E-state index in [0.717, 1.165) is 23.4 Å². The zero-order valence-corrected chi connectivity index (χ0v) is 19.0. The van der Waals surface area contributed by atoms with Gasteiger partial charge in [-0.2, -0.15) is 4.31 Å². The molecule has 0 atom stereocenters. The van der Waals surface area contributed by atoms with Crippen LogP contribution >= 0.6 is 0 Å². The van der Waals surface area contributed by atoms with Gasteiger partial charge in [0.1, 0.15) is 11.6 Å². The molecule has 1 aliphatic heterocycles. The van der Waals surface area contributed by atoms with Crippen molar-refractivity contribution in [3.8, 4) is 0 Å². The number of rotatable bonds is 6. The molecule has 1 aromatic heterocycles. The van der Waals surface area contributed by atoms with Crippen LogP contribution in [0.1, 0.15) is 11.4 Å². The highest BCUT2D eigenvalue weighted by atomic mass is 32.2. The van der Waals surface area contributed by atoms with Gasteiger partial charge in [0.25, 0.3) is 0 Å². The SMILES string of the molecule is O=S(=O)(c1ccc(F)cc1)N1CCN(Cc2nc3ccccc3n2Cc2ccccc2)CC1. The second-order valence-corrected chi connectivity index (χ2v) is 10.2. The highest BCUT2D eigenvalue weighted by Crippen LogP contribution is 2.22. The van der Waals surface area contributed by atoms with Crippen molar-refractivity contribution in [2.75, 3.05) is 26.2 Å². The normalized spacial score (nSPS) is 15.8. The minimum absolute atomic E-state index is 0.127. The monoisotopic (exact) mass is 464 g/mol. The summed E-state index contributed by atoms with van der Waals surface area (Å²) >= 11 is 0. The number of sulfonamides is 1. The van der Waals surface area contributed by atoms with Crippen LogP contribution in [0.4, 0.5) is 4.39 Å². The van der Waals surface area contributed by atoms with E-state index in [0.29, 0.717) is 32.7 Å². The maximum absolute atomic E-state index is 13.2. The van der Waals surface area contributed by atoms with Gasteiger partial charge in [0, 0.05) is 32.7 Å². The lowest BCUT2D eigenvalue weighted by molar-refractivity contribution is 0.176. The number of halogens is 1. The molecule has 3 aromatic carbocycles. The fourth-order valence-electron chi connectivity index (χ4n) is 4.27. The molecule has 0 saturated carbocycles. The predicted molar refractivity (Wildman–Crippen MR) is 126 cm³/mol. The Morgan fingerprint density at radius 1 is 0.788 bits per heavy atom. The summed E-state index contributed by atoms with van der Waals surface area (Å²) in [6, 6.07) is 23.4. The molecule has 0 N–H and O–H groups in total. The molecule has 2 heterocycles. The van der Waals surface area contributed by atoms with Crippen LogP contribution in [0.3, 0.4) is 0 Å². The number of hydrogen-bond acceptors (Lipinski definition) is 4. The fraction of sp³-hybridized carbons (Fsp3) is 0.240. The first kappa shape index (κ1) is 21.8. The average Bonchev–Trinajstić information content (AvgIpc) is 3.17. The molecule has 4 aromatic rings. The number of aromatic nitrogens is 2. The Kier molecular flexibility index (Phi) is 5.97. The smallest absolute Gasteiger partial charge is 0.243 e. The van der Waals surface area contributed by atoms with Crippen LogP contribution in [0, 0.1) is 5.82 Å². The van der Waals surface area contributed by atoms with Gasteiger partial charge < -0.3 is 4.57 Å². The molecule has 33 heavy (non-hydrogen) atoms. The summed E-state index contributed by atoms with van der Waals surface area (Å²) in [5.74, 6) is 0.520. The first-order valence-electron chi connectivity index (χ1n) is 11.0. The topological polar surface area (TPSA) is 58.4 Å². The third-order valence-electron chi connectivity index (χ3n) is 6.06. The largest absolute Gasteiger partial charge is 0.322 e. The van der Waals surface area contributed by atoms with Gasteiger partial charge in [-0.15, -0.1) is 0 Å². The Morgan fingerprint density at radius 2 is 1.45 bits per heavy atom. The highest BCUT2D eigenvalue weighted by Gasteiger charge is 2.29. The second-order valence-electron chi connectivity index (χ2n) is 8.22. The van der Waals surface area contributed by atoms with Crippen LogP contribution < -0.4 is 0 Å². The molecule has 0 unspecified atom stereocenters. The van der Waals surface area contributed by atoms with E-state index in [9.17, 15) is 12.8 Å². The van der Waals surface area contributed by atoms with E-state index < -0.39 is 15.8 Å². The van der Waals surface area contributed by atoms with E-state index in [1.54, 1.807) is 0 Å². The fourth-order valence-corrected chi connectivity index (χ4v) is 5.69. The summed E-state index contributed by atoms with van der Waals surface area (Å²) in [5.41, 5.74) is 3.26. The Labute approximate surface area is 192 Å². The second kappa shape index (κ2) is 9.05. The van der Waals surface area contributed by atoms with E-state index in [1.807, 2.05) is 36.4 Å². The van der Waals surface area contributed by atoms with Crippen molar-refractivity contribution in [2.24, 2.45) is 0 Å². The van der Waals surface area contributed by atoms with Crippen LogP contribution in [0.25, 0.3) is 11.0 Å². The summed E-state index contributed by atoms with van der Waals surface area (Å²) < 4.78 is 42.7. The van der Waals surface area contributed by atoms with E-state index in [2.05, 4.69) is 27.7 Å². The van der Waals surface area contributed by atoms with E-state index in [4.69, 9.17) is 4.98 Å². The van der Waals surface area contributed by atoms with Gasteiger partial charge in [0.05, 0.1) is 22.5 Å². The molecule has 8 heteroatoms. The molecular formula is C25H25FN4O2S. The first-order valence-corrected chi connectivity index (χ1v) is 12.4. The minimum Gasteiger partial charge on any atom is -0.322 e. The van der Waals surface area contributed by atoms with Crippen LogP contribution in [0.5, 0.6) is 0 Å². The molecule has 5 rings (SSSR count). The van der Waals surface area contributed by atoms with Crippen LogP contribution in [0.2, 0.25) is 0 Å². The summed E-state index contributed by atoms with van der Waals surface area (Å²) in [4.78, 5) is 7.24. The summed E-state index contributed by atoms with van der Waals surface area (Å²) in [7, 11) is -3.63. The number of benzene rings is 3. The van der Waals surface area contributed by atoms with Crippen molar-refractivity contribution in [2.45, 2.75) is 18.0 Å². The molecular weight excluding hydrogens is 439 g/mol. The Morgan fingerprint density at radius 3 is 2.18 bits per heavy atom. The summed E-state index contributed by atoms with van der Waals surface area (Å²) in [6.45, 7) is 3.36. The molecule has 1 saturated heterocycles. The van der Waals surface area contributed by atoms with Crippen molar-refractivity contribution < 1.29 is 12.8 Å². The van der Waals surface area contributed by atoms with Crippen molar-refractivity contribution in [1.82, 2.24) is 18.8 Å². The van der Waals surface area contributed by atoms with Crippen molar-refractivity contribution in [3.05, 3.63) is 96.1 Å². The molecule has 1 fully saturated rings. The molecule has 0 spiro atoms. The number of imidazole rings is 1. The molecule has 0 amide bonds. The van der Waals surface area contributed by atoms with E-state index in [-0.39, 0.29) is 4.90 Å². The number of para-hydroxylation sites is 2. The molecule has 0 radical (unpaired) electrons. The quantitative estimate of drug-likeness (QED) is 0.436. The lowest BCUT2D eigenvalue weighted by atomic mass is 10.2. The first-order chi connectivity index (χ1) is 16.0. The lowest BCUT2D eigenvalue weighted by Crippen LogP contribution is -2.48. The zero-order valence-electron chi connectivity index (χ0n) is 18.1. The molecule has 170 valence electrons. The van der Waals surface area contributed by atoms with Gasteiger partial charge in [-0.3, -0.25) is 4.90 Å². The van der Waals surface area contributed by atoms with Crippen molar-refractivity contribution in [1.29, 1.82) is 0 Å². The maximum Gasteiger partial charge on any atom is 0.243 e. The number of fused-ring (bicyclic) bond motifs is 1. The van der Waals surface area contributed by atoms with Crippen molar-refractivity contribution >= 4 is 21.1 Å². The minimum atomic E-state index is -3.63. The zero-order chi connectivity index (χ0) is 22.8. The molecule has 1 aliphatic rings. The van der Waals surface area contributed by atoms with Crippen LogP contribution in [-0.4, -0.2) is 53.4 Å². The predicted octanol–water partition coefficient (Wildman–Crippen LogP) is 3.73. The maximum atomic E-state index is 13.2. The lowest BCUT2D eigenvalue weighted by Gasteiger charge is -2.33. The molecule has 0 aliphatic carbocycles. The average molecular weight is 465 g/mol. The van der Waals surface area contributed by atoms with E-state index in [1.165, 1.54) is 34.1 Å². The van der Waals surface area contributed by atoms with Gasteiger partial charge in [-0.05, 0) is 42.0 Å². The van der Waals surface area contributed by atoms with Crippen LogP contribution in [0.15, 0.2) is 83.8 Å². The van der Waals surface area contributed by atoms with Gasteiger partial charge in [0.15, 0.2) is 0 Å². The Balaban J connectivity index is 1.32. The third kappa shape index (κ3) is 4.55. The molecule has 0 bridgehead atoms. The summed E-state index contributed by atoms with van der Waals surface area (Å²) in [5, 5.41) is 0. The van der Waals surface area contributed by atoms with Gasteiger partial charge in [-0.25, -0.2) is 17.8 Å². The Hall–Kier alpha value is -3.07. The number of hydrogen-bond donors (Lipinski definition) is 0. The van der Waals surface area contributed by atoms with Crippen LogP contribution in [-0.2, 0) is 23.1 Å². The van der Waals surface area contributed by atoms with Gasteiger partial charge in [0.2, 0.25) is 10.0 Å².